The summed E-state index contributed by atoms with van der Waals surface area (Å²) < 4.78 is 0. The van der Waals surface area contributed by atoms with E-state index in [0.717, 1.165) is 13.0 Å². The predicted molar refractivity (Wildman–Crippen MR) is 56.0 cm³/mol. The molecule has 0 amide bonds. The van der Waals surface area contributed by atoms with E-state index in [1.807, 2.05) is 7.05 Å². The quantitative estimate of drug-likeness (QED) is 0.681. The Kier molecular flexibility index (Phi) is 2.23. The first-order valence-corrected chi connectivity index (χ1v) is 4.83. The molecule has 70 valence electrons. The third-order valence-corrected chi connectivity index (χ3v) is 2.69. The van der Waals surface area contributed by atoms with E-state index in [9.17, 15) is 0 Å². The highest BCUT2D eigenvalue weighted by molar-refractivity contribution is 5.55. The molecule has 0 fully saturated rings. The van der Waals surface area contributed by atoms with E-state index in [0.29, 0.717) is 6.04 Å². The Bertz CT molecular complexity index is 293. The van der Waals surface area contributed by atoms with Crippen LogP contribution in [0.3, 0.4) is 0 Å². The Morgan fingerprint density at radius 1 is 1.46 bits per heavy atom. The molecule has 1 aliphatic heterocycles. The molecule has 0 radical (unpaired) electrons. The van der Waals surface area contributed by atoms with Gasteiger partial charge in [-0.3, -0.25) is 0 Å². The van der Waals surface area contributed by atoms with Crippen LogP contribution in [0.15, 0.2) is 18.2 Å². The molecule has 1 aliphatic rings. The number of nitrogens with one attached hydrogen (secondary N) is 2. The molecule has 0 saturated heterocycles. The van der Waals surface area contributed by atoms with Gasteiger partial charge in [0.15, 0.2) is 0 Å². The zero-order chi connectivity index (χ0) is 9.26. The van der Waals surface area contributed by atoms with Gasteiger partial charge in [-0.15, -0.1) is 0 Å². The van der Waals surface area contributed by atoms with Gasteiger partial charge in [-0.25, -0.2) is 0 Å². The second-order valence-corrected chi connectivity index (χ2v) is 3.68. The van der Waals surface area contributed by atoms with Gasteiger partial charge in [0.05, 0.1) is 0 Å². The fraction of sp³-hybridized carbons (Fsp3) is 0.455. The van der Waals surface area contributed by atoms with E-state index in [4.69, 9.17) is 0 Å². The molecule has 0 aromatic heterocycles. The third-order valence-electron chi connectivity index (χ3n) is 2.69. The zero-order valence-electron chi connectivity index (χ0n) is 8.22. The normalized spacial score (nSPS) is 20.9. The molecule has 2 heteroatoms. The first-order valence-electron chi connectivity index (χ1n) is 4.83. The van der Waals surface area contributed by atoms with Crippen molar-refractivity contribution in [2.75, 3.05) is 12.4 Å². The van der Waals surface area contributed by atoms with E-state index in [-0.39, 0.29) is 0 Å². The number of anilines is 1. The van der Waals surface area contributed by atoms with E-state index < -0.39 is 0 Å². The average Bonchev–Trinajstić information content (AvgIpc) is 2.17. The van der Waals surface area contributed by atoms with Crippen LogP contribution in [0.5, 0.6) is 0 Å². The van der Waals surface area contributed by atoms with Gasteiger partial charge in [-0.1, -0.05) is 12.1 Å². The molecule has 0 saturated carbocycles. The van der Waals surface area contributed by atoms with Crippen LogP contribution in [0.2, 0.25) is 0 Å². The molecule has 1 heterocycles. The van der Waals surface area contributed by atoms with Gasteiger partial charge < -0.3 is 10.6 Å². The highest BCUT2D eigenvalue weighted by Gasteiger charge is 2.16. The number of benzene rings is 1. The van der Waals surface area contributed by atoms with Crippen molar-refractivity contribution in [2.45, 2.75) is 25.9 Å². The lowest BCUT2D eigenvalue weighted by Crippen LogP contribution is -2.33. The van der Waals surface area contributed by atoms with Crippen molar-refractivity contribution in [3.63, 3.8) is 0 Å². The summed E-state index contributed by atoms with van der Waals surface area (Å²) in [5.74, 6) is 0. The second kappa shape index (κ2) is 3.38. The third kappa shape index (κ3) is 1.54. The lowest BCUT2D eigenvalue weighted by atomic mass is 9.95. The molecule has 0 aliphatic carbocycles. The lowest BCUT2D eigenvalue weighted by Gasteiger charge is -2.25. The van der Waals surface area contributed by atoms with Gasteiger partial charge in [-0.2, -0.15) is 0 Å². The molecular formula is C11H16N2. The Balaban J connectivity index is 2.41. The van der Waals surface area contributed by atoms with Crippen molar-refractivity contribution in [1.82, 2.24) is 5.32 Å². The monoisotopic (exact) mass is 176 g/mol. The zero-order valence-corrected chi connectivity index (χ0v) is 8.22. The molecule has 1 atom stereocenters. The minimum Gasteiger partial charge on any atom is -0.388 e. The molecule has 2 N–H and O–H groups in total. The number of hydrogen-bond donors (Lipinski definition) is 2. The van der Waals surface area contributed by atoms with Crippen LogP contribution in [0, 0.1) is 0 Å². The molecule has 0 bridgehead atoms. The van der Waals surface area contributed by atoms with E-state index in [1.165, 1.54) is 16.8 Å². The summed E-state index contributed by atoms with van der Waals surface area (Å²) in [6, 6.07) is 7.07. The topological polar surface area (TPSA) is 24.1 Å². The van der Waals surface area contributed by atoms with Crippen molar-refractivity contribution >= 4 is 5.69 Å². The van der Waals surface area contributed by atoms with Gasteiger partial charge in [0.1, 0.15) is 0 Å². The van der Waals surface area contributed by atoms with Crippen LogP contribution in [0.4, 0.5) is 5.69 Å². The molecule has 1 unspecified atom stereocenters. The molecule has 1 aromatic carbocycles. The van der Waals surface area contributed by atoms with Crippen molar-refractivity contribution < 1.29 is 0 Å². The lowest BCUT2D eigenvalue weighted by molar-refractivity contribution is 0.514. The Labute approximate surface area is 79.4 Å². The van der Waals surface area contributed by atoms with Crippen molar-refractivity contribution in [3.05, 3.63) is 29.3 Å². The molecule has 2 rings (SSSR count). The van der Waals surface area contributed by atoms with E-state index in [2.05, 4.69) is 35.8 Å². The summed E-state index contributed by atoms with van der Waals surface area (Å²) in [6.45, 7) is 3.24. The average molecular weight is 176 g/mol. The van der Waals surface area contributed by atoms with Crippen molar-refractivity contribution in [2.24, 2.45) is 0 Å². The Hall–Kier alpha value is -1.02. The first-order chi connectivity index (χ1) is 6.31. The summed E-state index contributed by atoms with van der Waals surface area (Å²) >= 11 is 0. The van der Waals surface area contributed by atoms with Crippen molar-refractivity contribution in [1.29, 1.82) is 0 Å². The maximum absolute atomic E-state index is 3.46. The fourth-order valence-electron chi connectivity index (χ4n) is 1.94. The van der Waals surface area contributed by atoms with Gasteiger partial charge >= 0.3 is 0 Å². The van der Waals surface area contributed by atoms with E-state index in [1.54, 1.807) is 0 Å². The van der Waals surface area contributed by atoms with Crippen LogP contribution >= 0.6 is 0 Å². The summed E-state index contributed by atoms with van der Waals surface area (Å²) in [4.78, 5) is 0. The second-order valence-electron chi connectivity index (χ2n) is 3.68. The van der Waals surface area contributed by atoms with Gasteiger partial charge in [0, 0.05) is 25.3 Å². The van der Waals surface area contributed by atoms with Crippen LogP contribution in [0.25, 0.3) is 0 Å². The maximum Gasteiger partial charge on any atom is 0.0373 e. The summed E-state index contributed by atoms with van der Waals surface area (Å²) in [7, 11) is 1.99. The van der Waals surface area contributed by atoms with Gasteiger partial charge in [-0.05, 0) is 30.5 Å². The highest BCUT2D eigenvalue weighted by atomic mass is 14.9. The number of fused-ring (bicyclic) bond motifs is 1. The Morgan fingerprint density at radius 3 is 3.08 bits per heavy atom. The van der Waals surface area contributed by atoms with Crippen LogP contribution in [-0.2, 0) is 13.0 Å². The minimum atomic E-state index is 0.599. The van der Waals surface area contributed by atoms with Gasteiger partial charge in [0.25, 0.3) is 0 Å². The van der Waals surface area contributed by atoms with Crippen LogP contribution in [-0.4, -0.2) is 13.1 Å². The largest absolute Gasteiger partial charge is 0.388 e. The molecule has 2 nitrogen and oxygen atoms in total. The molecule has 13 heavy (non-hydrogen) atoms. The van der Waals surface area contributed by atoms with Crippen LogP contribution in [0.1, 0.15) is 18.1 Å². The first kappa shape index (κ1) is 8.57. The molecule has 1 aromatic rings. The summed E-state index contributed by atoms with van der Waals surface area (Å²) in [6.07, 6.45) is 1.13. The SMILES string of the molecule is CNc1cccc2c1CC(C)NC2. The molecular weight excluding hydrogens is 160 g/mol. The summed E-state index contributed by atoms with van der Waals surface area (Å²) in [5.41, 5.74) is 4.20. The Morgan fingerprint density at radius 2 is 2.31 bits per heavy atom. The minimum absolute atomic E-state index is 0.599. The highest BCUT2D eigenvalue weighted by Crippen LogP contribution is 2.24. The number of hydrogen-bond acceptors (Lipinski definition) is 2. The predicted octanol–water partition coefficient (Wildman–Crippen LogP) is 1.76. The van der Waals surface area contributed by atoms with Crippen LogP contribution < -0.4 is 10.6 Å². The van der Waals surface area contributed by atoms with Crippen molar-refractivity contribution in [3.8, 4) is 0 Å². The number of rotatable bonds is 1. The standard InChI is InChI=1S/C11H16N2/c1-8-6-10-9(7-13-8)4-3-5-11(10)12-2/h3-5,8,12-13H,6-7H2,1-2H3. The van der Waals surface area contributed by atoms with E-state index >= 15 is 0 Å². The molecule has 0 spiro atoms. The smallest absolute Gasteiger partial charge is 0.0373 e. The maximum atomic E-state index is 3.46. The fourth-order valence-corrected chi connectivity index (χ4v) is 1.94. The summed E-state index contributed by atoms with van der Waals surface area (Å²) in [5, 5.41) is 6.71. The van der Waals surface area contributed by atoms with Gasteiger partial charge in [0.2, 0.25) is 0 Å².